The fraction of sp³-hybridized carbons (Fsp3) is 0.333. The number of benzene rings is 2. The van der Waals surface area contributed by atoms with Gasteiger partial charge < -0.3 is 20.3 Å². The van der Waals surface area contributed by atoms with Crippen LogP contribution in [0, 0.1) is 0 Å². The Morgan fingerprint density at radius 1 is 1.00 bits per heavy atom. The van der Waals surface area contributed by atoms with Gasteiger partial charge in [0.2, 0.25) is 5.91 Å². The van der Waals surface area contributed by atoms with E-state index in [1.54, 1.807) is 0 Å². The molecule has 0 aromatic heterocycles. The SMILES string of the molecule is O=C(CNC(=O)OCc1ccccc1)NCC1CCCN1c1ccccc1. The number of amides is 2. The molecule has 2 amide bonds. The third-order valence-electron chi connectivity index (χ3n) is 4.61. The zero-order valence-electron chi connectivity index (χ0n) is 15.3. The van der Waals surface area contributed by atoms with E-state index in [1.165, 1.54) is 5.69 Å². The van der Waals surface area contributed by atoms with Gasteiger partial charge in [-0.25, -0.2) is 4.79 Å². The molecule has 1 aliphatic rings. The molecule has 6 nitrogen and oxygen atoms in total. The van der Waals surface area contributed by atoms with Gasteiger partial charge in [-0.1, -0.05) is 48.5 Å². The maximum Gasteiger partial charge on any atom is 0.407 e. The van der Waals surface area contributed by atoms with Crippen LogP contribution in [0.3, 0.4) is 0 Å². The second-order valence-corrected chi connectivity index (χ2v) is 6.54. The van der Waals surface area contributed by atoms with Crippen LogP contribution in [0.15, 0.2) is 60.7 Å². The summed E-state index contributed by atoms with van der Waals surface area (Å²) < 4.78 is 5.09. The minimum Gasteiger partial charge on any atom is -0.445 e. The van der Waals surface area contributed by atoms with E-state index in [0.717, 1.165) is 24.9 Å². The molecule has 2 aromatic rings. The molecule has 1 fully saturated rings. The first-order chi connectivity index (χ1) is 13.2. The average Bonchev–Trinajstić information content (AvgIpc) is 3.19. The monoisotopic (exact) mass is 367 g/mol. The number of hydrogen-bond acceptors (Lipinski definition) is 4. The van der Waals surface area contributed by atoms with Crippen molar-refractivity contribution in [1.29, 1.82) is 0 Å². The summed E-state index contributed by atoms with van der Waals surface area (Å²) >= 11 is 0. The molecule has 1 heterocycles. The lowest BCUT2D eigenvalue weighted by Gasteiger charge is -2.27. The van der Waals surface area contributed by atoms with Gasteiger partial charge in [0.05, 0.1) is 6.54 Å². The lowest BCUT2D eigenvalue weighted by molar-refractivity contribution is -0.120. The lowest BCUT2D eigenvalue weighted by Crippen LogP contribution is -2.43. The molecule has 6 heteroatoms. The Kier molecular flexibility index (Phi) is 6.68. The zero-order chi connectivity index (χ0) is 18.9. The molecule has 27 heavy (non-hydrogen) atoms. The van der Waals surface area contributed by atoms with Crippen LogP contribution >= 0.6 is 0 Å². The molecule has 0 saturated carbocycles. The Morgan fingerprint density at radius 3 is 2.44 bits per heavy atom. The summed E-state index contributed by atoms with van der Waals surface area (Å²) in [5, 5.41) is 5.39. The third-order valence-corrected chi connectivity index (χ3v) is 4.61. The minimum atomic E-state index is -0.596. The van der Waals surface area contributed by atoms with Gasteiger partial charge in [0.1, 0.15) is 6.61 Å². The number of alkyl carbamates (subject to hydrolysis) is 1. The van der Waals surface area contributed by atoms with Crippen LogP contribution in [0.2, 0.25) is 0 Å². The van der Waals surface area contributed by atoms with E-state index in [2.05, 4.69) is 27.7 Å². The number of ether oxygens (including phenoxy) is 1. The van der Waals surface area contributed by atoms with Crippen molar-refractivity contribution in [2.75, 3.05) is 24.5 Å². The largest absolute Gasteiger partial charge is 0.445 e. The Balaban J connectivity index is 1.36. The van der Waals surface area contributed by atoms with Gasteiger partial charge in [0, 0.05) is 24.8 Å². The van der Waals surface area contributed by atoms with Crippen molar-refractivity contribution in [3.8, 4) is 0 Å². The first kappa shape index (κ1) is 18.8. The summed E-state index contributed by atoms with van der Waals surface area (Å²) in [6.07, 6.45) is 1.56. The van der Waals surface area contributed by atoms with Crippen LogP contribution in [0.4, 0.5) is 10.5 Å². The van der Waals surface area contributed by atoms with Crippen LogP contribution in [0.1, 0.15) is 18.4 Å². The predicted octanol–water partition coefficient (Wildman–Crippen LogP) is 2.70. The molecule has 0 bridgehead atoms. The summed E-state index contributed by atoms with van der Waals surface area (Å²) in [4.78, 5) is 26.0. The Labute approximate surface area is 159 Å². The molecule has 1 atom stereocenters. The van der Waals surface area contributed by atoms with Crippen LogP contribution in [-0.2, 0) is 16.1 Å². The molecule has 2 N–H and O–H groups in total. The molecule has 1 unspecified atom stereocenters. The molecule has 2 aromatic carbocycles. The zero-order valence-corrected chi connectivity index (χ0v) is 15.3. The fourth-order valence-corrected chi connectivity index (χ4v) is 3.23. The van der Waals surface area contributed by atoms with Crippen molar-refractivity contribution in [2.24, 2.45) is 0 Å². The van der Waals surface area contributed by atoms with Crippen molar-refractivity contribution >= 4 is 17.7 Å². The van der Waals surface area contributed by atoms with Gasteiger partial charge in [0.25, 0.3) is 0 Å². The predicted molar refractivity (Wildman–Crippen MR) is 104 cm³/mol. The van der Waals surface area contributed by atoms with Gasteiger partial charge in [0.15, 0.2) is 0 Å². The van der Waals surface area contributed by atoms with Crippen LogP contribution in [-0.4, -0.2) is 37.7 Å². The number of carbonyl (C=O) groups excluding carboxylic acids is 2. The highest BCUT2D eigenvalue weighted by Crippen LogP contribution is 2.24. The number of carbonyl (C=O) groups is 2. The van der Waals surface area contributed by atoms with E-state index in [9.17, 15) is 9.59 Å². The summed E-state index contributed by atoms with van der Waals surface area (Å²) in [5.41, 5.74) is 2.08. The van der Waals surface area contributed by atoms with E-state index in [4.69, 9.17) is 4.74 Å². The molecule has 142 valence electrons. The van der Waals surface area contributed by atoms with E-state index >= 15 is 0 Å². The maximum atomic E-state index is 12.0. The first-order valence-corrected chi connectivity index (χ1v) is 9.25. The quantitative estimate of drug-likeness (QED) is 0.789. The Hall–Kier alpha value is -3.02. The summed E-state index contributed by atoms with van der Waals surface area (Å²) in [6, 6.07) is 19.9. The second kappa shape index (κ2) is 9.62. The highest BCUT2D eigenvalue weighted by atomic mass is 16.5. The van der Waals surface area contributed by atoms with E-state index in [0.29, 0.717) is 6.54 Å². The van der Waals surface area contributed by atoms with Crippen molar-refractivity contribution in [2.45, 2.75) is 25.5 Å². The molecular formula is C21H25N3O3. The number of nitrogens with zero attached hydrogens (tertiary/aromatic N) is 1. The highest BCUT2D eigenvalue weighted by molar-refractivity contribution is 5.82. The number of para-hydroxylation sites is 1. The van der Waals surface area contributed by atoms with Crippen LogP contribution < -0.4 is 15.5 Å². The smallest absolute Gasteiger partial charge is 0.407 e. The van der Waals surface area contributed by atoms with Gasteiger partial charge in [-0.15, -0.1) is 0 Å². The number of anilines is 1. The molecule has 0 spiro atoms. The summed E-state index contributed by atoms with van der Waals surface area (Å²) in [5.74, 6) is -0.216. The van der Waals surface area contributed by atoms with E-state index in [1.807, 2.05) is 48.5 Å². The normalized spacial score (nSPS) is 16.0. The molecule has 0 aliphatic carbocycles. The molecular weight excluding hydrogens is 342 g/mol. The number of hydrogen-bond donors (Lipinski definition) is 2. The lowest BCUT2D eigenvalue weighted by atomic mass is 10.2. The maximum absolute atomic E-state index is 12.0. The fourth-order valence-electron chi connectivity index (χ4n) is 3.23. The van der Waals surface area contributed by atoms with Crippen LogP contribution in [0.5, 0.6) is 0 Å². The van der Waals surface area contributed by atoms with Gasteiger partial charge in [-0.3, -0.25) is 4.79 Å². The molecule has 3 rings (SSSR count). The Bertz CT molecular complexity index is 737. The average molecular weight is 367 g/mol. The third kappa shape index (κ3) is 5.74. The van der Waals surface area contributed by atoms with E-state index < -0.39 is 6.09 Å². The number of rotatable bonds is 7. The van der Waals surface area contributed by atoms with Crippen molar-refractivity contribution < 1.29 is 14.3 Å². The molecule has 1 saturated heterocycles. The number of nitrogens with one attached hydrogen (secondary N) is 2. The van der Waals surface area contributed by atoms with Crippen LogP contribution in [0.25, 0.3) is 0 Å². The van der Waals surface area contributed by atoms with E-state index in [-0.39, 0.29) is 25.1 Å². The van der Waals surface area contributed by atoms with Gasteiger partial charge in [-0.2, -0.15) is 0 Å². The standard InChI is InChI=1S/C21H25N3O3/c25-20(15-23-21(26)27-16-17-8-3-1-4-9-17)22-14-19-12-7-13-24(19)18-10-5-2-6-11-18/h1-6,8-11,19H,7,12-16H2,(H,22,25)(H,23,26). The van der Waals surface area contributed by atoms with Crippen molar-refractivity contribution in [3.63, 3.8) is 0 Å². The highest BCUT2D eigenvalue weighted by Gasteiger charge is 2.24. The first-order valence-electron chi connectivity index (χ1n) is 9.25. The van der Waals surface area contributed by atoms with Crippen molar-refractivity contribution in [3.05, 3.63) is 66.2 Å². The summed E-state index contributed by atoms with van der Waals surface area (Å²) in [7, 11) is 0. The molecule has 1 aliphatic heterocycles. The molecule has 0 radical (unpaired) electrons. The second-order valence-electron chi connectivity index (χ2n) is 6.54. The Morgan fingerprint density at radius 2 is 1.70 bits per heavy atom. The van der Waals surface area contributed by atoms with Gasteiger partial charge >= 0.3 is 6.09 Å². The summed E-state index contributed by atoms with van der Waals surface area (Å²) in [6.45, 7) is 1.65. The topological polar surface area (TPSA) is 70.7 Å². The van der Waals surface area contributed by atoms with Gasteiger partial charge in [-0.05, 0) is 30.5 Å². The van der Waals surface area contributed by atoms with Crippen molar-refractivity contribution in [1.82, 2.24) is 10.6 Å². The minimum absolute atomic E-state index is 0.0916.